The number of allylic oxidation sites excluding steroid dienone is 1. The SMILES string of the molecule is CCCCCCC/C=C/OC[C@@H]1OC[C@@H](O)[C@H](O)[C@H]1O. The van der Waals surface area contributed by atoms with E-state index in [1.807, 2.05) is 6.08 Å². The first-order chi connectivity index (χ1) is 9.66. The zero-order chi connectivity index (χ0) is 14.8. The molecule has 1 rings (SSSR count). The first-order valence-corrected chi connectivity index (χ1v) is 7.59. The zero-order valence-electron chi connectivity index (χ0n) is 12.3. The molecule has 5 nitrogen and oxygen atoms in total. The van der Waals surface area contributed by atoms with Gasteiger partial charge in [0.2, 0.25) is 0 Å². The van der Waals surface area contributed by atoms with E-state index < -0.39 is 24.4 Å². The lowest BCUT2D eigenvalue weighted by Crippen LogP contribution is -2.54. The standard InChI is InChI=1S/C15H28O5/c1-2-3-4-5-6-7-8-9-19-11-13-15(18)14(17)12(16)10-20-13/h8-9,12-18H,2-7,10-11H2,1H3/b9-8+/t12-,13+,14+,15+/m1/s1. The molecular weight excluding hydrogens is 260 g/mol. The van der Waals surface area contributed by atoms with Crippen LogP contribution in [0.2, 0.25) is 0 Å². The highest BCUT2D eigenvalue weighted by atomic mass is 16.6. The number of hydrogen-bond acceptors (Lipinski definition) is 5. The molecule has 1 aliphatic heterocycles. The van der Waals surface area contributed by atoms with E-state index in [0.29, 0.717) is 0 Å². The maximum absolute atomic E-state index is 9.69. The van der Waals surface area contributed by atoms with E-state index in [9.17, 15) is 15.3 Å². The van der Waals surface area contributed by atoms with Crippen molar-refractivity contribution < 1.29 is 24.8 Å². The summed E-state index contributed by atoms with van der Waals surface area (Å²) >= 11 is 0. The molecule has 0 unspecified atom stereocenters. The molecule has 0 aliphatic carbocycles. The zero-order valence-corrected chi connectivity index (χ0v) is 12.3. The van der Waals surface area contributed by atoms with E-state index in [-0.39, 0.29) is 13.2 Å². The van der Waals surface area contributed by atoms with Crippen LogP contribution < -0.4 is 0 Å². The van der Waals surface area contributed by atoms with Crippen LogP contribution in [0.3, 0.4) is 0 Å². The average Bonchev–Trinajstić information content (AvgIpc) is 2.45. The second-order valence-electron chi connectivity index (χ2n) is 5.33. The molecule has 3 N–H and O–H groups in total. The van der Waals surface area contributed by atoms with Gasteiger partial charge in [-0.05, 0) is 18.9 Å². The van der Waals surface area contributed by atoms with Crippen LogP contribution in [-0.2, 0) is 9.47 Å². The van der Waals surface area contributed by atoms with E-state index >= 15 is 0 Å². The van der Waals surface area contributed by atoms with Crippen molar-refractivity contribution in [3.8, 4) is 0 Å². The lowest BCUT2D eigenvalue weighted by Gasteiger charge is -2.34. The monoisotopic (exact) mass is 288 g/mol. The molecule has 1 fully saturated rings. The van der Waals surface area contributed by atoms with Crippen LogP contribution in [-0.4, -0.2) is 52.9 Å². The first-order valence-electron chi connectivity index (χ1n) is 7.59. The summed E-state index contributed by atoms with van der Waals surface area (Å²) in [4.78, 5) is 0. The minimum Gasteiger partial charge on any atom is -0.499 e. The highest BCUT2D eigenvalue weighted by Gasteiger charge is 2.37. The predicted octanol–water partition coefficient (Wildman–Crippen LogP) is 1.36. The third kappa shape index (κ3) is 6.22. The normalized spacial score (nSPS) is 30.8. The second kappa shape index (κ2) is 10.2. The molecule has 0 saturated carbocycles. The number of ether oxygens (including phenoxy) is 2. The summed E-state index contributed by atoms with van der Waals surface area (Å²) in [5, 5.41) is 28.5. The van der Waals surface area contributed by atoms with Crippen molar-refractivity contribution in [1.29, 1.82) is 0 Å². The van der Waals surface area contributed by atoms with Crippen molar-refractivity contribution >= 4 is 0 Å². The Kier molecular flexibility index (Phi) is 8.85. The number of aliphatic hydroxyl groups is 3. The summed E-state index contributed by atoms with van der Waals surface area (Å²) < 4.78 is 10.5. The molecule has 0 spiro atoms. The van der Waals surface area contributed by atoms with Crippen molar-refractivity contribution in [2.45, 2.75) is 69.9 Å². The fourth-order valence-corrected chi connectivity index (χ4v) is 2.17. The van der Waals surface area contributed by atoms with Gasteiger partial charge in [-0.15, -0.1) is 0 Å². The molecule has 1 saturated heterocycles. The summed E-state index contributed by atoms with van der Waals surface area (Å²) in [6, 6.07) is 0. The van der Waals surface area contributed by atoms with E-state index in [4.69, 9.17) is 9.47 Å². The minimum atomic E-state index is -1.17. The van der Waals surface area contributed by atoms with Gasteiger partial charge in [-0.2, -0.15) is 0 Å². The Labute approximate surface area is 121 Å². The molecule has 0 radical (unpaired) electrons. The third-order valence-corrected chi connectivity index (χ3v) is 3.53. The summed E-state index contributed by atoms with van der Waals surface area (Å²) in [6.07, 6.45) is 6.91. The van der Waals surface area contributed by atoms with Crippen molar-refractivity contribution in [2.75, 3.05) is 13.2 Å². The lowest BCUT2D eigenvalue weighted by molar-refractivity contribution is -0.195. The number of aliphatic hydroxyl groups excluding tert-OH is 3. The molecule has 1 heterocycles. The average molecular weight is 288 g/mol. The summed E-state index contributed by atoms with van der Waals surface area (Å²) in [7, 11) is 0. The van der Waals surface area contributed by atoms with Crippen LogP contribution in [0.5, 0.6) is 0 Å². The summed E-state index contributed by atoms with van der Waals surface area (Å²) in [5.74, 6) is 0. The topological polar surface area (TPSA) is 79.2 Å². The van der Waals surface area contributed by atoms with Gasteiger partial charge in [-0.25, -0.2) is 0 Å². The molecular formula is C15H28O5. The molecule has 0 amide bonds. The van der Waals surface area contributed by atoms with Crippen LogP contribution >= 0.6 is 0 Å². The van der Waals surface area contributed by atoms with Crippen molar-refractivity contribution in [1.82, 2.24) is 0 Å². The van der Waals surface area contributed by atoms with Gasteiger partial charge in [0.1, 0.15) is 31.0 Å². The molecule has 0 aromatic heterocycles. The Morgan fingerprint density at radius 1 is 1.10 bits per heavy atom. The van der Waals surface area contributed by atoms with Crippen LogP contribution in [0.25, 0.3) is 0 Å². The Hall–Kier alpha value is -0.620. The molecule has 20 heavy (non-hydrogen) atoms. The van der Waals surface area contributed by atoms with E-state index in [1.165, 1.54) is 25.7 Å². The Morgan fingerprint density at radius 2 is 1.85 bits per heavy atom. The first kappa shape index (κ1) is 17.4. The number of unbranched alkanes of at least 4 members (excludes halogenated alkanes) is 5. The lowest BCUT2D eigenvalue weighted by atomic mass is 10.0. The van der Waals surface area contributed by atoms with Gasteiger partial charge in [0.25, 0.3) is 0 Å². The highest BCUT2D eigenvalue weighted by Crippen LogP contribution is 2.16. The maximum Gasteiger partial charge on any atom is 0.120 e. The van der Waals surface area contributed by atoms with Crippen LogP contribution in [0.15, 0.2) is 12.3 Å². The fraction of sp³-hybridized carbons (Fsp3) is 0.867. The van der Waals surface area contributed by atoms with Gasteiger partial charge in [0.15, 0.2) is 0 Å². The molecule has 0 aromatic carbocycles. The van der Waals surface area contributed by atoms with Crippen LogP contribution in [0.4, 0.5) is 0 Å². The Morgan fingerprint density at radius 3 is 2.60 bits per heavy atom. The minimum absolute atomic E-state index is 0.0212. The molecule has 0 bridgehead atoms. The summed E-state index contributed by atoms with van der Waals surface area (Å²) in [5.41, 5.74) is 0. The molecule has 4 atom stereocenters. The van der Waals surface area contributed by atoms with Crippen molar-refractivity contribution in [3.05, 3.63) is 12.3 Å². The molecule has 5 heteroatoms. The Balaban J connectivity index is 2.05. The van der Waals surface area contributed by atoms with Gasteiger partial charge < -0.3 is 24.8 Å². The van der Waals surface area contributed by atoms with E-state index in [1.54, 1.807) is 6.26 Å². The van der Waals surface area contributed by atoms with Gasteiger partial charge in [0.05, 0.1) is 12.9 Å². The summed E-state index contributed by atoms with van der Waals surface area (Å²) in [6.45, 7) is 2.40. The van der Waals surface area contributed by atoms with Crippen LogP contribution in [0, 0.1) is 0 Å². The fourth-order valence-electron chi connectivity index (χ4n) is 2.17. The quantitative estimate of drug-likeness (QED) is 0.441. The van der Waals surface area contributed by atoms with Crippen molar-refractivity contribution in [2.24, 2.45) is 0 Å². The van der Waals surface area contributed by atoms with Gasteiger partial charge >= 0.3 is 0 Å². The maximum atomic E-state index is 9.69. The van der Waals surface area contributed by atoms with Crippen LogP contribution in [0.1, 0.15) is 45.4 Å². The Bertz CT molecular complexity index is 269. The van der Waals surface area contributed by atoms with Gasteiger partial charge in [-0.1, -0.05) is 32.6 Å². The van der Waals surface area contributed by atoms with E-state index in [2.05, 4.69) is 6.92 Å². The largest absolute Gasteiger partial charge is 0.499 e. The molecule has 1 aliphatic rings. The second-order valence-corrected chi connectivity index (χ2v) is 5.33. The number of hydrogen-bond donors (Lipinski definition) is 3. The van der Waals surface area contributed by atoms with Gasteiger partial charge in [-0.3, -0.25) is 0 Å². The predicted molar refractivity (Wildman–Crippen MR) is 76.2 cm³/mol. The molecule has 118 valence electrons. The highest BCUT2D eigenvalue weighted by molar-refractivity contribution is 4.87. The molecule has 0 aromatic rings. The third-order valence-electron chi connectivity index (χ3n) is 3.53. The van der Waals surface area contributed by atoms with E-state index in [0.717, 1.165) is 12.8 Å². The number of rotatable bonds is 9. The van der Waals surface area contributed by atoms with Gasteiger partial charge in [0, 0.05) is 0 Å². The van der Waals surface area contributed by atoms with Crippen molar-refractivity contribution in [3.63, 3.8) is 0 Å². The smallest absolute Gasteiger partial charge is 0.120 e.